The van der Waals surface area contributed by atoms with Gasteiger partial charge in [-0.25, -0.2) is 9.37 Å². The smallest absolute Gasteiger partial charge is 0.254 e. The molecule has 94 valence electrons. The molecule has 0 radical (unpaired) electrons. The monoisotopic (exact) mass is 249 g/mol. The third-order valence-electron chi connectivity index (χ3n) is 2.49. The molecule has 0 spiro atoms. The summed E-state index contributed by atoms with van der Waals surface area (Å²) >= 11 is 0. The highest BCUT2D eigenvalue weighted by Crippen LogP contribution is 2.16. The molecule has 1 aromatic carbocycles. The number of amides is 1. The lowest BCUT2D eigenvalue weighted by Gasteiger charge is -2.12. The molecular weight excluding hydrogens is 237 g/mol. The van der Waals surface area contributed by atoms with Gasteiger partial charge in [-0.1, -0.05) is 6.07 Å². The second-order valence-electron chi connectivity index (χ2n) is 3.77. The fourth-order valence-electron chi connectivity index (χ4n) is 1.50. The van der Waals surface area contributed by atoms with Crippen molar-refractivity contribution in [2.75, 3.05) is 5.73 Å². The van der Waals surface area contributed by atoms with Crippen molar-refractivity contribution in [1.82, 2.24) is 20.5 Å². The molecule has 0 bridgehead atoms. The molecule has 7 heteroatoms. The van der Waals surface area contributed by atoms with Crippen LogP contribution in [-0.2, 0) is 0 Å². The van der Waals surface area contributed by atoms with Gasteiger partial charge in [-0.15, -0.1) is 0 Å². The van der Waals surface area contributed by atoms with Crippen molar-refractivity contribution in [2.24, 2.45) is 0 Å². The van der Waals surface area contributed by atoms with Crippen LogP contribution in [0.15, 0.2) is 24.5 Å². The van der Waals surface area contributed by atoms with E-state index in [2.05, 4.69) is 20.5 Å². The van der Waals surface area contributed by atoms with Crippen LogP contribution in [0.1, 0.15) is 29.1 Å². The Morgan fingerprint density at radius 1 is 1.56 bits per heavy atom. The second kappa shape index (κ2) is 4.82. The van der Waals surface area contributed by atoms with E-state index < -0.39 is 11.7 Å². The summed E-state index contributed by atoms with van der Waals surface area (Å²) in [6, 6.07) is 3.72. The average molecular weight is 249 g/mol. The van der Waals surface area contributed by atoms with Gasteiger partial charge < -0.3 is 11.1 Å². The lowest BCUT2D eigenvalue weighted by molar-refractivity contribution is 0.0939. The Hall–Kier alpha value is -2.44. The lowest BCUT2D eigenvalue weighted by Crippen LogP contribution is -2.28. The van der Waals surface area contributed by atoms with Gasteiger partial charge in [-0.05, 0) is 19.1 Å². The minimum atomic E-state index is -0.616. The van der Waals surface area contributed by atoms with Gasteiger partial charge in [0.1, 0.15) is 18.0 Å². The summed E-state index contributed by atoms with van der Waals surface area (Å²) < 4.78 is 13.2. The van der Waals surface area contributed by atoms with E-state index >= 15 is 0 Å². The number of nitrogens with one attached hydrogen (secondary N) is 2. The molecule has 1 amide bonds. The van der Waals surface area contributed by atoms with Gasteiger partial charge >= 0.3 is 0 Å². The van der Waals surface area contributed by atoms with Gasteiger partial charge in [-0.3, -0.25) is 9.89 Å². The van der Waals surface area contributed by atoms with Crippen molar-refractivity contribution in [1.29, 1.82) is 0 Å². The molecule has 2 aromatic rings. The highest BCUT2D eigenvalue weighted by atomic mass is 19.1. The Bertz CT molecular complexity index is 555. The molecule has 1 atom stereocenters. The molecule has 1 aromatic heterocycles. The number of hydrogen-bond donors (Lipinski definition) is 3. The Morgan fingerprint density at radius 3 is 3.00 bits per heavy atom. The number of benzene rings is 1. The molecule has 0 aliphatic rings. The highest BCUT2D eigenvalue weighted by Gasteiger charge is 2.16. The van der Waals surface area contributed by atoms with Crippen molar-refractivity contribution in [3.05, 3.63) is 41.7 Å². The number of aromatic nitrogens is 3. The molecule has 4 N–H and O–H groups in total. The zero-order valence-electron chi connectivity index (χ0n) is 9.64. The van der Waals surface area contributed by atoms with E-state index in [1.54, 1.807) is 6.92 Å². The van der Waals surface area contributed by atoms with Gasteiger partial charge in [0.2, 0.25) is 0 Å². The fraction of sp³-hybridized carbons (Fsp3) is 0.182. The van der Waals surface area contributed by atoms with E-state index in [9.17, 15) is 9.18 Å². The summed E-state index contributed by atoms with van der Waals surface area (Å²) in [6.07, 6.45) is 1.34. The van der Waals surface area contributed by atoms with E-state index in [-0.39, 0.29) is 17.3 Å². The lowest BCUT2D eigenvalue weighted by atomic mass is 10.1. The molecule has 6 nitrogen and oxygen atoms in total. The van der Waals surface area contributed by atoms with Crippen LogP contribution < -0.4 is 11.1 Å². The van der Waals surface area contributed by atoms with Gasteiger partial charge in [0.25, 0.3) is 5.91 Å². The quantitative estimate of drug-likeness (QED) is 0.707. The van der Waals surface area contributed by atoms with Crippen molar-refractivity contribution >= 4 is 11.6 Å². The summed E-state index contributed by atoms with van der Waals surface area (Å²) in [5.41, 5.74) is 5.44. The largest absolute Gasteiger partial charge is 0.396 e. The fourth-order valence-corrected chi connectivity index (χ4v) is 1.50. The molecule has 0 fully saturated rings. The first-order valence-electron chi connectivity index (χ1n) is 5.29. The topological polar surface area (TPSA) is 96.7 Å². The van der Waals surface area contributed by atoms with Crippen LogP contribution >= 0.6 is 0 Å². The maximum Gasteiger partial charge on any atom is 0.254 e. The number of nitrogen functional groups attached to an aromatic ring is 1. The van der Waals surface area contributed by atoms with Crippen LogP contribution in [0.3, 0.4) is 0 Å². The van der Waals surface area contributed by atoms with Gasteiger partial charge in [0, 0.05) is 0 Å². The van der Waals surface area contributed by atoms with Gasteiger partial charge in [0.05, 0.1) is 17.3 Å². The standard InChI is InChI=1S/C11H12FN5O/c1-6(10-14-5-15-17-10)16-11(18)7-3-2-4-8(12)9(7)13/h2-6H,13H2,1H3,(H,16,18)(H,14,15,17). The number of rotatable bonds is 3. The van der Waals surface area contributed by atoms with Crippen molar-refractivity contribution in [2.45, 2.75) is 13.0 Å². The van der Waals surface area contributed by atoms with Crippen LogP contribution in [0, 0.1) is 5.82 Å². The number of halogens is 1. The number of nitrogens with two attached hydrogens (primary N) is 1. The van der Waals surface area contributed by atoms with Crippen molar-refractivity contribution in [3.63, 3.8) is 0 Å². The third-order valence-corrected chi connectivity index (χ3v) is 2.49. The molecule has 1 unspecified atom stereocenters. The van der Waals surface area contributed by atoms with Gasteiger partial charge in [0.15, 0.2) is 0 Å². The number of hydrogen-bond acceptors (Lipinski definition) is 4. The zero-order chi connectivity index (χ0) is 13.1. The first kappa shape index (κ1) is 12.0. The average Bonchev–Trinajstić information content (AvgIpc) is 2.86. The number of para-hydroxylation sites is 1. The van der Waals surface area contributed by atoms with Crippen LogP contribution in [-0.4, -0.2) is 21.1 Å². The van der Waals surface area contributed by atoms with E-state index in [0.29, 0.717) is 5.82 Å². The third kappa shape index (κ3) is 2.29. The summed E-state index contributed by atoms with van der Waals surface area (Å²) in [5.74, 6) is -0.566. The van der Waals surface area contributed by atoms with E-state index in [1.165, 1.54) is 24.5 Å². The summed E-state index contributed by atoms with van der Waals surface area (Å²) in [6.45, 7) is 1.73. The molecule has 0 aliphatic heterocycles. The minimum absolute atomic E-state index is 0.0985. The minimum Gasteiger partial charge on any atom is -0.396 e. The summed E-state index contributed by atoms with van der Waals surface area (Å²) in [5, 5.41) is 8.97. The first-order chi connectivity index (χ1) is 8.59. The first-order valence-corrected chi connectivity index (χ1v) is 5.29. The number of carbonyl (C=O) groups excluding carboxylic acids is 1. The number of H-pyrrole nitrogens is 1. The van der Waals surface area contributed by atoms with E-state index in [4.69, 9.17) is 5.73 Å². The molecule has 2 rings (SSSR count). The van der Waals surface area contributed by atoms with Crippen LogP contribution in [0.25, 0.3) is 0 Å². The number of anilines is 1. The molecule has 0 aliphatic carbocycles. The number of nitrogens with zero attached hydrogens (tertiary/aromatic N) is 2. The summed E-state index contributed by atoms with van der Waals surface area (Å²) in [7, 11) is 0. The van der Waals surface area contributed by atoms with E-state index in [0.717, 1.165) is 0 Å². The van der Waals surface area contributed by atoms with Crippen molar-refractivity contribution in [3.8, 4) is 0 Å². The van der Waals surface area contributed by atoms with Crippen LogP contribution in [0.4, 0.5) is 10.1 Å². The summed E-state index contributed by atoms with van der Waals surface area (Å²) in [4.78, 5) is 15.8. The number of aromatic amines is 1. The van der Waals surface area contributed by atoms with Crippen LogP contribution in [0.2, 0.25) is 0 Å². The molecule has 18 heavy (non-hydrogen) atoms. The predicted octanol–water partition coefficient (Wildman–Crippen LogP) is 1.02. The SMILES string of the molecule is CC(NC(=O)c1cccc(F)c1N)c1ncn[nH]1. The number of carbonyl (C=O) groups is 1. The Balaban J connectivity index is 2.15. The molecule has 0 saturated carbocycles. The maximum atomic E-state index is 13.2. The molecular formula is C11H12FN5O. The molecule has 1 heterocycles. The highest BCUT2D eigenvalue weighted by molar-refractivity contribution is 5.99. The Kier molecular flexibility index (Phi) is 3.22. The van der Waals surface area contributed by atoms with Crippen LogP contribution in [0.5, 0.6) is 0 Å². The maximum absolute atomic E-state index is 13.2. The second-order valence-corrected chi connectivity index (χ2v) is 3.77. The Morgan fingerprint density at radius 2 is 2.33 bits per heavy atom. The molecule has 0 saturated heterocycles. The van der Waals surface area contributed by atoms with Crippen molar-refractivity contribution < 1.29 is 9.18 Å². The van der Waals surface area contributed by atoms with E-state index in [1.807, 2.05) is 0 Å². The normalized spacial score (nSPS) is 12.1. The van der Waals surface area contributed by atoms with Gasteiger partial charge in [-0.2, -0.15) is 5.10 Å². The zero-order valence-corrected chi connectivity index (χ0v) is 9.64. The predicted molar refractivity (Wildman–Crippen MR) is 63.1 cm³/mol. The Labute approximate surface area is 102 Å².